The quantitative estimate of drug-likeness (QED) is 0.138. The third kappa shape index (κ3) is 7.15. The summed E-state index contributed by atoms with van der Waals surface area (Å²) < 4.78 is 16.9. The second kappa shape index (κ2) is 13.6. The average molecular weight is 599 g/mol. The number of fused-ring (bicyclic) bond motifs is 3. The number of benzene rings is 3. The van der Waals surface area contributed by atoms with Crippen LogP contribution in [0.4, 0.5) is 4.79 Å². The van der Waals surface area contributed by atoms with Gasteiger partial charge in [0.15, 0.2) is 0 Å². The number of aliphatic hydroxyl groups is 1. The SMILES string of the molecule is CCCOCNCC(O)COc1ccc(C2c3[nH]c4ccc(Cl)cc4c3CCN2C(=O)Oc2ccc(Cl)cc2)cc1. The maximum absolute atomic E-state index is 13.5. The first-order chi connectivity index (χ1) is 19.9. The summed E-state index contributed by atoms with van der Waals surface area (Å²) in [4.78, 5) is 18.7. The van der Waals surface area contributed by atoms with Gasteiger partial charge in [-0.05, 0) is 78.6 Å². The van der Waals surface area contributed by atoms with Crippen LogP contribution in [0.25, 0.3) is 10.9 Å². The third-order valence-electron chi connectivity index (χ3n) is 6.91. The maximum Gasteiger partial charge on any atom is 0.416 e. The standard InChI is InChI=1S/C31H33Cl2N3O5/c1-2-15-39-19-34-17-23(37)18-40-24-8-3-20(4-9-24)30-29-26(27-16-22(33)7-12-28(27)35-29)13-14-36(30)31(38)41-25-10-5-21(32)6-11-25/h3-12,16,23,30,34-35,37H,2,13-15,17-19H2,1H3. The van der Waals surface area contributed by atoms with Gasteiger partial charge in [-0.1, -0.05) is 42.3 Å². The van der Waals surface area contributed by atoms with Crippen molar-refractivity contribution in [1.82, 2.24) is 15.2 Å². The molecule has 1 aliphatic heterocycles. The topological polar surface area (TPSA) is 96.0 Å². The molecule has 10 heteroatoms. The van der Waals surface area contributed by atoms with Crippen LogP contribution in [-0.2, 0) is 11.2 Å². The fourth-order valence-electron chi connectivity index (χ4n) is 4.98. The number of nitrogens with one attached hydrogen (secondary N) is 2. The van der Waals surface area contributed by atoms with Gasteiger partial charge in [0.25, 0.3) is 0 Å². The minimum Gasteiger partial charge on any atom is -0.491 e. The number of aromatic nitrogens is 1. The van der Waals surface area contributed by atoms with Crippen molar-refractivity contribution in [2.45, 2.75) is 31.9 Å². The highest BCUT2D eigenvalue weighted by atomic mass is 35.5. The third-order valence-corrected chi connectivity index (χ3v) is 7.40. The summed E-state index contributed by atoms with van der Waals surface area (Å²) in [5, 5.41) is 15.6. The van der Waals surface area contributed by atoms with Gasteiger partial charge in [0.2, 0.25) is 0 Å². The molecular weight excluding hydrogens is 565 g/mol. The number of aromatic amines is 1. The second-order valence-corrected chi connectivity index (χ2v) is 10.8. The van der Waals surface area contributed by atoms with Crippen LogP contribution in [0.3, 0.4) is 0 Å². The molecule has 41 heavy (non-hydrogen) atoms. The monoisotopic (exact) mass is 597 g/mol. The van der Waals surface area contributed by atoms with E-state index in [1.54, 1.807) is 29.2 Å². The zero-order valence-corrected chi connectivity index (χ0v) is 24.3. The molecule has 0 fully saturated rings. The molecule has 3 N–H and O–H groups in total. The van der Waals surface area contributed by atoms with Crippen LogP contribution < -0.4 is 14.8 Å². The van der Waals surface area contributed by atoms with Gasteiger partial charge in [-0.3, -0.25) is 10.2 Å². The molecule has 0 radical (unpaired) electrons. The summed E-state index contributed by atoms with van der Waals surface area (Å²) in [6, 6.07) is 19.6. The second-order valence-electron chi connectivity index (χ2n) is 9.92. The van der Waals surface area contributed by atoms with Crippen molar-refractivity contribution in [2.24, 2.45) is 0 Å². The Balaban J connectivity index is 1.35. The van der Waals surface area contributed by atoms with Gasteiger partial charge in [0.05, 0.1) is 6.73 Å². The fourth-order valence-corrected chi connectivity index (χ4v) is 5.28. The van der Waals surface area contributed by atoms with Gasteiger partial charge >= 0.3 is 6.09 Å². The van der Waals surface area contributed by atoms with Crippen LogP contribution in [0.2, 0.25) is 10.0 Å². The zero-order valence-electron chi connectivity index (χ0n) is 22.7. The highest BCUT2D eigenvalue weighted by molar-refractivity contribution is 6.31. The predicted octanol–water partition coefficient (Wildman–Crippen LogP) is 6.33. The van der Waals surface area contributed by atoms with Gasteiger partial charge < -0.3 is 24.3 Å². The maximum atomic E-state index is 13.5. The minimum atomic E-state index is -0.683. The summed E-state index contributed by atoms with van der Waals surface area (Å²) in [7, 11) is 0. The molecule has 1 aliphatic rings. The van der Waals surface area contributed by atoms with Crippen LogP contribution in [0, 0.1) is 0 Å². The van der Waals surface area contributed by atoms with E-state index in [0.29, 0.717) is 54.4 Å². The molecular formula is C31H33Cl2N3O5. The fraction of sp³-hybridized carbons (Fsp3) is 0.323. The molecule has 0 saturated heterocycles. The van der Waals surface area contributed by atoms with Crippen LogP contribution in [-0.4, -0.2) is 60.2 Å². The normalized spacial score (nSPS) is 15.5. The van der Waals surface area contributed by atoms with Crippen LogP contribution in [0.5, 0.6) is 11.5 Å². The molecule has 1 amide bonds. The predicted molar refractivity (Wildman–Crippen MR) is 160 cm³/mol. The Kier molecular flexibility index (Phi) is 9.69. The number of hydrogen-bond donors (Lipinski definition) is 3. The Morgan fingerprint density at radius 1 is 1.07 bits per heavy atom. The van der Waals surface area contributed by atoms with E-state index in [2.05, 4.69) is 10.3 Å². The Bertz CT molecular complexity index is 1460. The summed E-state index contributed by atoms with van der Waals surface area (Å²) >= 11 is 12.3. The van der Waals surface area contributed by atoms with E-state index >= 15 is 0 Å². The number of ether oxygens (including phenoxy) is 3. The minimum absolute atomic E-state index is 0.135. The van der Waals surface area contributed by atoms with E-state index in [1.807, 2.05) is 49.4 Å². The van der Waals surface area contributed by atoms with Crippen LogP contribution >= 0.6 is 23.2 Å². The molecule has 0 aliphatic carbocycles. The molecule has 4 aromatic rings. The smallest absolute Gasteiger partial charge is 0.416 e. The molecule has 3 aromatic carbocycles. The number of carbonyl (C=O) groups is 1. The molecule has 1 aromatic heterocycles. The molecule has 2 unspecified atom stereocenters. The Morgan fingerprint density at radius 3 is 2.56 bits per heavy atom. The lowest BCUT2D eigenvalue weighted by Crippen LogP contribution is -2.42. The lowest BCUT2D eigenvalue weighted by Gasteiger charge is -2.35. The number of hydrogen-bond acceptors (Lipinski definition) is 6. The van der Waals surface area contributed by atoms with E-state index in [4.69, 9.17) is 37.4 Å². The Hall–Kier alpha value is -3.27. The summed E-state index contributed by atoms with van der Waals surface area (Å²) in [6.45, 7) is 4.07. The zero-order chi connectivity index (χ0) is 28.8. The number of nitrogens with zero attached hydrogens (tertiary/aromatic N) is 1. The lowest BCUT2D eigenvalue weighted by molar-refractivity contribution is 0.0766. The van der Waals surface area contributed by atoms with Crippen molar-refractivity contribution in [2.75, 3.05) is 33.0 Å². The highest BCUT2D eigenvalue weighted by Gasteiger charge is 2.35. The molecule has 0 bridgehead atoms. The van der Waals surface area contributed by atoms with E-state index in [1.165, 1.54) is 0 Å². The van der Waals surface area contributed by atoms with Crippen LogP contribution in [0.15, 0.2) is 66.7 Å². The number of amides is 1. The highest BCUT2D eigenvalue weighted by Crippen LogP contribution is 2.40. The van der Waals surface area contributed by atoms with Crippen molar-refractivity contribution >= 4 is 40.2 Å². The number of aliphatic hydroxyl groups excluding tert-OH is 1. The molecule has 2 atom stereocenters. The summed E-state index contributed by atoms with van der Waals surface area (Å²) in [5.74, 6) is 1.03. The van der Waals surface area contributed by atoms with Crippen molar-refractivity contribution in [3.8, 4) is 11.5 Å². The molecule has 0 spiro atoms. The van der Waals surface area contributed by atoms with E-state index < -0.39 is 18.2 Å². The van der Waals surface area contributed by atoms with Gasteiger partial charge in [-0.15, -0.1) is 0 Å². The summed E-state index contributed by atoms with van der Waals surface area (Å²) in [5.41, 5.74) is 3.89. The Morgan fingerprint density at radius 2 is 1.80 bits per heavy atom. The summed E-state index contributed by atoms with van der Waals surface area (Å²) in [6.07, 6.45) is 0.454. The molecule has 2 heterocycles. The first kappa shape index (κ1) is 29.2. The van der Waals surface area contributed by atoms with Crippen LogP contribution in [0.1, 0.15) is 36.2 Å². The van der Waals surface area contributed by atoms with Crippen molar-refractivity contribution < 1.29 is 24.1 Å². The average Bonchev–Trinajstić information content (AvgIpc) is 3.34. The van der Waals surface area contributed by atoms with E-state index in [0.717, 1.165) is 34.1 Å². The number of carbonyl (C=O) groups excluding carboxylic acids is 1. The lowest BCUT2D eigenvalue weighted by atomic mass is 9.92. The van der Waals surface area contributed by atoms with Gasteiger partial charge in [-0.2, -0.15) is 0 Å². The molecule has 8 nitrogen and oxygen atoms in total. The van der Waals surface area contributed by atoms with E-state index in [9.17, 15) is 9.90 Å². The first-order valence-electron chi connectivity index (χ1n) is 13.7. The number of halogens is 2. The molecule has 0 saturated carbocycles. The van der Waals surface area contributed by atoms with Gasteiger partial charge in [0.1, 0.15) is 30.3 Å². The van der Waals surface area contributed by atoms with Crippen molar-refractivity contribution in [1.29, 1.82) is 0 Å². The molecule has 5 rings (SSSR count). The number of rotatable bonds is 11. The van der Waals surface area contributed by atoms with Gasteiger partial charge in [0, 0.05) is 46.3 Å². The van der Waals surface area contributed by atoms with Gasteiger partial charge in [-0.25, -0.2) is 4.79 Å². The molecule has 216 valence electrons. The van der Waals surface area contributed by atoms with Crippen molar-refractivity contribution in [3.63, 3.8) is 0 Å². The van der Waals surface area contributed by atoms with E-state index in [-0.39, 0.29) is 6.61 Å². The largest absolute Gasteiger partial charge is 0.491 e. The number of H-pyrrole nitrogens is 1. The van der Waals surface area contributed by atoms with Crippen molar-refractivity contribution in [3.05, 3.63) is 93.6 Å². The first-order valence-corrected chi connectivity index (χ1v) is 14.4. The Labute approximate surface area is 249 Å².